The average molecular weight is 292 g/mol. The number of nitro groups is 1. The average Bonchev–Trinajstić information content (AvgIpc) is 2.45. The number of aliphatic hydroxyl groups is 1. The van der Waals surface area contributed by atoms with Gasteiger partial charge in [0.05, 0.1) is 11.0 Å². The minimum absolute atomic E-state index is 0.0779. The molecule has 5 nitrogen and oxygen atoms in total. The Morgan fingerprint density at radius 1 is 1.43 bits per heavy atom. The number of nitro benzene ring substituents is 1. The van der Waals surface area contributed by atoms with E-state index < -0.39 is 6.10 Å². The highest BCUT2D eigenvalue weighted by Gasteiger charge is 2.27. The van der Waals surface area contributed by atoms with Crippen molar-refractivity contribution in [2.75, 3.05) is 11.9 Å². The molecule has 1 N–H and O–H groups in total. The molecule has 0 spiro atoms. The lowest BCUT2D eigenvalue weighted by molar-refractivity contribution is -0.384. The van der Waals surface area contributed by atoms with Crippen LogP contribution >= 0.6 is 0 Å². The first-order valence-electron chi connectivity index (χ1n) is 7.59. The van der Waals surface area contributed by atoms with Gasteiger partial charge in [-0.05, 0) is 37.3 Å². The molecule has 1 aromatic carbocycles. The van der Waals surface area contributed by atoms with Gasteiger partial charge in [0.15, 0.2) is 0 Å². The Labute approximate surface area is 125 Å². The zero-order valence-electron chi connectivity index (χ0n) is 13.0. The van der Waals surface area contributed by atoms with Gasteiger partial charge >= 0.3 is 0 Å². The van der Waals surface area contributed by atoms with E-state index in [1.54, 1.807) is 19.1 Å². The van der Waals surface area contributed by atoms with Crippen LogP contribution in [-0.4, -0.2) is 23.1 Å². The van der Waals surface area contributed by atoms with Crippen LogP contribution in [0.4, 0.5) is 11.4 Å². The van der Waals surface area contributed by atoms with Gasteiger partial charge in [-0.25, -0.2) is 0 Å². The lowest BCUT2D eigenvalue weighted by Crippen LogP contribution is -2.35. The van der Waals surface area contributed by atoms with Crippen molar-refractivity contribution in [2.24, 2.45) is 5.92 Å². The van der Waals surface area contributed by atoms with E-state index in [2.05, 4.69) is 6.92 Å². The topological polar surface area (TPSA) is 66.6 Å². The molecule has 0 saturated heterocycles. The maximum Gasteiger partial charge on any atom is 0.292 e. The molecular formula is C16H24N2O3. The van der Waals surface area contributed by atoms with Crippen molar-refractivity contribution in [1.82, 2.24) is 0 Å². The standard InChI is InChI=1S/C16H24N2O3/c1-11-5-4-6-14(9-11)17(3)15-8-7-13(12(2)19)10-16(15)18(20)21/h7-8,10-12,14,19H,4-6,9H2,1-3H3/t11?,12-,14?/m1/s1. The molecule has 0 aromatic heterocycles. The summed E-state index contributed by atoms with van der Waals surface area (Å²) in [6.45, 7) is 3.86. The van der Waals surface area contributed by atoms with Crippen LogP contribution in [0, 0.1) is 16.0 Å². The summed E-state index contributed by atoms with van der Waals surface area (Å²) in [4.78, 5) is 13.0. The molecule has 0 bridgehead atoms. The number of rotatable bonds is 4. The third kappa shape index (κ3) is 3.53. The highest BCUT2D eigenvalue weighted by molar-refractivity contribution is 5.64. The van der Waals surface area contributed by atoms with Crippen LogP contribution in [0.5, 0.6) is 0 Å². The first-order valence-corrected chi connectivity index (χ1v) is 7.59. The number of nitrogens with zero attached hydrogens (tertiary/aromatic N) is 2. The molecule has 1 fully saturated rings. The summed E-state index contributed by atoms with van der Waals surface area (Å²) >= 11 is 0. The Hall–Kier alpha value is -1.62. The van der Waals surface area contributed by atoms with Gasteiger partial charge in [-0.2, -0.15) is 0 Å². The zero-order chi connectivity index (χ0) is 15.6. The van der Waals surface area contributed by atoms with E-state index in [1.807, 2.05) is 11.9 Å². The fourth-order valence-electron chi connectivity index (χ4n) is 3.20. The van der Waals surface area contributed by atoms with Crippen molar-refractivity contribution < 1.29 is 10.0 Å². The van der Waals surface area contributed by atoms with Crippen molar-refractivity contribution in [3.8, 4) is 0 Å². The second-order valence-electron chi connectivity index (χ2n) is 6.22. The maximum atomic E-state index is 11.3. The van der Waals surface area contributed by atoms with Gasteiger partial charge in [0, 0.05) is 19.2 Å². The highest BCUT2D eigenvalue weighted by Crippen LogP contribution is 2.35. The first kappa shape index (κ1) is 15.8. The molecule has 1 aliphatic rings. The number of anilines is 1. The van der Waals surface area contributed by atoms with Crippen LogP contribution in [0.1, 0.15) is 51.2 Å². The Morgan fingerprint density at radius 3 is 2.71 bits per heavy atom. The summed E-state index contributed by atoms with van der Waals surface area (Å²) in [6.07, 6.45) is 3.88. The fraction of sp³-hybridized carbons (Fsp3) is 0.625. The quantitative estimate of drug-likeness (QED) is 0.679. The van der Waals surface area contributed by atoms with Crippen LogP contribution in [0.3, 0.4) is 0 Å². The Morgan fingerprint density at radius 2 is 2.14 bits per heavy atom. The van der Waals surface area contributed by atoms with E-state index in [0.717, 1.165) is 12.8 Å². The predicted molar refractivity (Wildman–Crippen MR) is 83.6 cm³/mol. The number of hydrogen-bond acceptors (Lipinski definition) is 4. The summed E-state index contributed by atoms with van der Waals surface area (Å²) in [5.41, 5.74) is 1.30. The lowest BCUT2D eigenvalue weighted by Gasteiger charge is -2.35. The van der Waals surface area contributed by atoms with Crippen LogP contribution in [0.25, 0.3) is 0 Å². The number of benzene rings is 1. The van der Waals surface area contributed by atoms with E-state index in [9.17, 15) is 15.2 Å². The largest absolute Gasteiger partial charge is 0.389 e. The number of hydrogen-bond donors (Lipinski definition) is 1. The van der Waals surface area contributed by atoms with E-state index in [4.69, 9.17) is 0 Å². The third-order valence-electron chi connectivity index (χ3n) is 4.51. The van der Waals surface area contributed by atoms with Gasteiger partial charge < -0.3 is 10.0 Å². The SMILES string of the molecule is CC1CCCC(N(C)c2ccc([C@@H](C)O)cc2[N+](=O)[O-])C1. The Kier molecular flexibility index (Phi) is 4.83. The van der Waals surface area contributed by atoms with Crippen LogP contribution in [-0.2, 0) is 0 Å². The Bertz CT molecular complexity index is 516. The van der Waals surface area contributed by atoms with Crippen LogP contribution in [0.2, 0.25) is 0 Å². The summed E-state index contributed by atoms with van der Waals surface area (Å²) in [5.74, 6) is 0.669. The molecule has 0 radical (unpaired) electrons. The maximum absolute atomic E-state index is 11.3. The molecule has 1 aromatic rings. The van der Waals surface area contributed by atoms with Gasteiger partial charge in [-0.15, -0.1) is 0 Å². The van der Waals surface area contributed by atoms with E-state index in [-0.39, 0.29) is 10.6 Å². The van der Waals surface area contributed by atoms with Gasteiger partial charge in [-0.3, -0.25) is 10.1 Å². The molecule has 21 heavy (non-hydrogen) atoms. The minimum atomic E-state index is -0.697. The molecule has 116 valence electrons. The van der Waals surface area contributed by atoms with Gasteiger partial charge in [0.2, 0.25) is 0 Å². The molecule has 0 heterocycles. The highest BCUT2D eigenvalue weighted by atomic mass is 16.6. The van der Waals surface area contributed by atoms with E-state index in [1.165, 1.54) is 18.9 Å². The zero-order valence-corrected chi connectivity index (χ0v) is 13.0. The lowest BCUT2D eigenvalue weighted by atomic mass is 9.86. The molecule has 2 rings (SSSR count). The molecule has 5 heteroatoms. The van der Waals surface area contributed by atoms with Crippen molar-refractivity contribution in [3.63, 3.8) is 0 Å². The third-order valence-corrected chi connectivity index (χ3v) is 4.51. The minimum Gasteiger partial charge on any atom is -0.389 e. The molecule has 0 aliphatic heterocycles. The molecule has 1 aliphatic carbocycles. The van der Waals surface area contributed by atoms with Gasteiger partial charge in [-0.1, -0.05) is 25.8 Å². The Balaban J connectivity index is 2.31. The predicted octanol–water partition coefficient (Wildman–Crippen LogP) is 3.66. The van der Waals surface area contributed by atoms with Crippen molar-refractivity contribution in [1.29, 1.82) is 0 Å². The second kappa shape index (κ2) is 6.43. The molecule has 2 unspecified atom stereocenters. The fourth-order valence-corrected chi connectivity index (χ4v) is 3.20. The van der Waals surface area contributed by atoms with E-state index in [0.29, 0.717) is 23.2 Å². The van der Waals surface area contributed by atoms with Crippen molar-refractivity contribution >= 4 is 11.4 Å². The van der Waals surface area contributed by atoms with E-state index >= 15 is 0 Å². The molecule has 3 atom stereocenters. The van der Waals surface area contributed by atoms with Crippen molar-refractivity contribution in [3.05, 3.63) is 33.9 Å². The van der Waals surface area contributed by atoms with Crippen LogP contribution < -0.4 is 4.90 Å². The molecule has 0 amide bonds. The first-order chi connectivity index (χ1) is 9.90. The van der Waals surface area contributed by atoms with Crippen molar-refractivity contribution in [2.45, 2.75) is 51.7 Å². The summed E-state index contributed by atoms with van der Waals surface area (Å²) in [5, 5.41) is 21.0. The van der Waals surface area contributed by atoms with Crippen LogP contribution in [0.15, 0.2) is 18.2 Å². The monoisotopic (exact) mass is 292 g/mol. The molecular weight excluding hydrogens is 268 g/mol. The smallest absolute Gasteiger partial charge is 0.292 e. The molecule has 1 saturated carbocycles. The summed E-state index contributed by atoms with van der Waals surface area (Å²) in [7, 11) is 1.94. The normalized spacial score (nSPS) is 23.6. The number of aliphatic hydroxyl groups excluding tert-OH is 1. The van der Waals surface area contributed by atoms with Gasteiger partial charge in [0.1, 0.15) is 5.69 Å². The van der Waals surface area contributed by atoms with Gasteiger partial charge in [0.25, 0.3) is 5.69 Å². The second-order valence-corrected chi connectivity index (χ2v) is 6.22. The summed E-state index contributed by atoms with van der Waals surface area (Å²) < 4.78 is 0. The summed E-state index contributed by atoms with van der Waals surface area (Å²) in [6, 6.07) is 5.38.